The van der Waals surface area contributed by atoms with Gasteiger partial charge in [-0.05, 0) is 57.3 Å². The third kappa shape index (κ3) is 2.14. The second-order valence-corrected chi connectivity index (χ2v) is 6.32. The smallest absolute Gasteiger partial charge is 0.310 e. The largest absolute Gasteiger partial charge is 0.459 e. The summed E-state index contributed by atoms with van der Waals surface area (Å²) < 4.78 is 5.84. The molecule has 2 nitrogen and oxygen atoms in total. The topological polar surface area (TPSA) is 26.3 Å². The summed E-state index contributed by atoms with van der Waals surface area (Å²) in [4.78, 5) is 12.3. The molecule has 3 atom stereocenters. The zero-order chi connectivity index (χ0) is 11.9. The summed E-state index contributed by atoms with van der Waals surface area (Å²) in [6.07, 6.45) is 12.5. The van der Waals surface area contributed by atoms with E-state index in [-0.39, 0.29) is 17.5 Å². The molecular formula is C15H22O2. The summed E-state index contributed by atoms with van der Waals surface area (Å²) in [5.41, 5.74) is -0.166. The van der Waals surface area contributed by atoms with Crippen LogP contribution in [0.1, 0.15) is 51.9 Å². The van der Waals surface area contributed by atoms with Crippen molar-refractivity contribution in [1.82, 2.24) is 0 Å². The molecule has 2 saturated carbocycles. The van der Waals surface area contributed by atoms with Crippen molar-refractivity contribution < 1.29 is 9.53 Å². The van der Waals surface area contributed by atoms with Gasteiger partial charge in [0, 0.05) is 0 Å². The highest BCUT2D eigenvalue weighted by atomic mass is 16.6. The minimum absolute atomic E-state index is 0.0752. The normalized spacial score (nSPS) is 38.3. The highest BCUT2D eigenvalue weighted by Gasteiger charge is 2.43. The molecule has 0 aromatic heterocycles. The summed E-state index contributed by atoms with van der Waals surface area (Å²) >= 11 is 0. The lowest BCUT2D eigenvalue weighted by molar-refractivity contribution is -0.167. The van der Waals surface area contributed by atoms with Gasteiger partial charge in [0.2, 0.25) is 0 Å². The lowest BCUT2D eigenvalue weighted by atomic mass is 9.86. The lowest BCUT2D eigenvalue weighted by Crippen LogP contribution is -2.37. The third-order valence-corrected chi connectivity index (χ3v) is 4.84. The van der Waals surface area contributed by atoms with Gasteiger partial charge in [-0.1, -0.05) is 18.6 Å². The second-order valence-electron chi connectivity index (χ2n) is 6.32. The highest BCUT2D eigenvalue weighted by Crippen LogP contribution is 2.45. The predicted molar refractivity (Wildman–Crippen MR) is 66.4 cm³/mol. The van der Waals surface area contributed by atoms with Gasteiger partial charge in [0.25, 0.3) is 0 Å². The van der Waals surface area contributed by atoms with E-state index in [2.05, 4.69) is 19.1 Å². The van der Waals surface area contributed by atoms with E-state index in [1.54, 1.807) is 0 Å². The number of ether oxygens (including phenoxy) is 1. The van der Waals surface area contributed by atoms with Crippen molar-refractivity contribution in [3.05, 3.63) is 12.2 Å². The van der Waals surface area contributed by atoms with Gasteiger partial charge in [0.05, 0.1) is 5.92 Å². The fourth-order valence-electron chi connectivity index (χ4n) is 3.77. The van der Waals surface area contributed by atoms with Crippen LogP contribution in [0.5, 0.6) is 0 Å². The first-order valence-corrected chi connectivity index (χ1v) is 7.07. The number of allylic oxidation sites excluding steroid dienone is 2. The summed E-state index contributed by atoms with van der Waals surface area (Å²) in [5, 5.41) is 0. The van der Waals surface area contributed by atoms with Crippen LogP contribution in [0.4, 0.5) is 0 Å². The van der Waals surface area contributed by atoms with E-state index < -0.39 is 0 Å². The van der Waals surface area contributed by atoms with Crippen LogP contribution < -0.4 is 0 Å². The molecule has 0 aromatic carbocycles. The van der Waals surface area contributed by atoms with Crippen molar-refractivity contribution >= 4 is 5.97 Å². The highest BCUT2D eigenvalue weighted by molar-refractivity contribution is 5.74. The van der Waals surface area contributed by atoms with E-state index in [4.69, 9.17) is 4.74 Å². The Bertz CT molecular complexity index is 339. The average Bonchev–Trinajstić information content (AvgIpc) is 2.91. The first-order valence-electron chi connectivity index (χ1n) is 7.07. The maximum atomic E-state index is 12.3. The van der Waals surface area contributed by atoms with Gasteiger partial charge in [-0.15, -0.1) is 0 Å². The molecular weight excluding hydrogens is 212 g/mol. The maximum absolute atomic E-state index is 12.3. The fourth-order valence-corrected chi connectivity index (χ4v) is 3.77. The van der Waals surface area contributed by atoms with Crippen molar-refractivity contribution in [2.24, 2.45) is 17.8 Å². The summed E-state index contributed by atoms with van der Waals surface area (Å²) in [6, 6.07) is 0. The molecule has 0 saturated heterocycles. The molecule has 0 spiro atoms. The molecule has 3 aliphatic carbocycles. The SMILES string of the molecule is CC1(OC(=O)[C@H]2C[C@H]3C=C[C@H]2C3)CCCCC1. The molecule has 2 bridgehead atoms. The Balaban J connectivity index is 1.61. The Morgan fingerprint density at radius 2 is 1.94 bits per heavy atom. The van der Waals surface area contributed by atoms with Crippen LogP contribution in [0.25, 0.3) is 0 Å². The van der Waals surface area contributed by atoms with E-state index in [0.29, 0.717) is 11.8 Å². The lowest BCUT2D eigenvalue weighted by Gasteiger charge is -2.34. The van der Waals surface area contributed by atoms with Gasteiger partial charge in [0.15, 0.2) is 0 Å². The van der Waals surface area contributed by atoms with Gasteiger partial charge in [-0.2, -0.15) is 0 Å². The van der Waals surface area contributed by atoms with Crippen LogP contribution in [-0.4, -0.2) is 11.6 Å². The van der Waals surface area contributed by atoms with Gasteiger partial charge in [-0.3, -0.25) is 4.79 Å². The molecule has 0 aliphatic heterocycles. The standard InChI is InChI=1S/C15H22O2/c1-15(7-3-2-4-8-15)17-14(16)13-10-11-5-6-12(13)9-11/h5-6,11-13H,2-4,7-10H2,1H3/t11-,12-,13-/m0/s1. The molecule has 0 heterocycles. The van der Waals surface area contributed by atoms with E-state index in [9.17, 15) is 4.79 Å². The summed E-state index contributed by atoms with van der Waals surface area (Å²) in [5.74, 6) is 1.35. The Hall–Kier alpha value is -0.790. The van der Waals surface area contributed by atoms with E-state index in [1.807, 2.05) is 0 Å². The quantitative estimate of drug-likeness (QED) is 0.540. The van der Waals surface area contributed by atoms with Crippen molar-refractivity contribution in [1.29, 1.82) is 0 Å². The fraction of sp³-hybridized carbons (Fsp3) is 0.800. The number of carbonyl (C=O) groups is 1. The Kier molecular flexibility index (Phi) is 2.76. The Morgan fingerprint density at radius 3 is 2.53 bits per heavy atom. The van der Waals surface area contributed by atoms with Crippen LogP contribution in [0.2, 0.25) is 0 Å². The first-order chi connectivity index (χ1) is 8.16. The van der Waals surface area contributed by atoms with Crippen LogP contribution in [0, 0.1) is 17.8 Å². The first kappa shape index (κ1) is 11.3. The minimum atomic E-state index is -0.166. The van der Waals surface area contributed by atoms with Crippen molar-refractivity contribution in [3.63, 3.8) is 0 Å². The number of carbonyl (C=O) groups excluding carboxylic acids is 1. The van der Waals surface area contributed by atoms with Gasteiger partial charge >= 0.3 is 5.97 Å². The average molecular weight is 234 g/mol. The molecule has 0 N–H and O–H groups in total. The second kappa shape index (κ2) is 4.15. The van der Waals surface area contributed by atoms with Crippen LogP contribution >= 0.6 is 0 Å². The van der Waals surface area contributed by atoms with Gasteiger partial charge in [0.1, 0.15) is 5.60 Å². The number of rotatable bonds is 2. The minimum Gasteiger partial charge on any atom is -0.459 e. The van der Waals surface area contributed by atoms with Gasteiger partial charge in [-0.25, -0.2) is 0 Å². The molecule has 0 radical (unpaired) electrons. The third-order valence-electron chi connectivity index (χ3n) is 4.84. The van der Waals surface area contributed by atoms with Crippen molar-refractivity contribution in [3.8, 4) is 0 Å². The van der Waals surface area contributed by atoms with E-state index in [1.165, 1.54) is 25.7 Å². The maximum Gasteiger partial charge on any atom is 0.310 e. The molecule has 0 unspecified atom stereocenters. The van der Waals surface area contributed by atoms with Crippen molar-refractivity contribution in [2.75, 3.05) is 0 Å². The van der Waals surface area contributed by atoms with E-state index in [0.717, 1.165) is 19.3 Å². The van der Waals surface area contributed by atoms with Crippen molar-refractivity contribution in [2.45, 2.75) is 57.5 Å². The van der Waals surface area contributed by atoms with Crippen LogP contribution in [0.3, 0.4) is 0 Å². The van der Waals surface area contributed by atoms with E-state index >= 15 is 0 Å². The molecule has 0 aromatic rings. The number of esters is 1. The molecule has 94 valence electrons. The van der Waals surface area contributed by atoms with Crippen LogP contribution in [-0.2, 0) is 9.53 Å². The molecule has 2 heteroatoms. The summed E-state index contributed by atoms with van der Waals surface area (Å²) in [6.45, 7) is 2.12. The number of hydrogen-bond acceptors (Lipinski definition) is 2. The zero-order valence-electron chi connectivity index (χ0n) is 10.7. The monoisotopic (exact) mass is 234 g/mol. The molecule has 3 aliphatic rings. The Labute approximate surface area is 103 Å². The molecule has 0 amide bonds. The predicted octanol–water partition coefficient (Wildman–Crippen LogP) is 3.46. The number of fused-ring (bicyclic) bond motifs is 2. The molecule has 17 heavy (non-hydrogen) atoms. The molecule has 2 fully saturated rings. The summed E-state index contributed by atoms with van der Waals surface area (Å²) in [7, 11) is 0. The Morgan fingerprint density at radius 1 is 1.18 bits per heavy atom. The zero-order valence-corrected chi connectivity index (χ0v) is 10.7. The van der Waals surface area contributed by atoms with Crippen LogP contribution in [0.15, 0.2) is 12.2 Å². The number of hydrogen-bond donors (Lipinski definition) is 0. The molecule has 3 rings (SSSR count). The van der Waals surface area contributed by atoms with Gasteiger partial charge < -0.3 is 4.74 Å².